The van der Waals surface area contributed by atoms with Crippen molar-refractivity contribution in [2.45, 2.75) is 0 Å². The lowest BCUT2D eigenvalue weighted by Gasteiger charge is -2.11. The molecule has 0 atom stereocenters. The lowest BCUT2D eigenvalue weighted by Crippen LogP contribution is -1.93. The molecule has 0 spiro atoms. The van der Waals surface area contributed by atoms with Gasteiger partial charge in [-0.3, -0.25) is 0 Å². The molecule has 0 aliphatic heterocycles. The Bertz CT molecular complexity index is 6640. The molecule has 0 aliphatic carbocycles. The van der Waals surface area contributed by atoms with Gasteiger partial charge in [0.15, 0.2) is 16.7 Å². The molecular formula is C96H58N6O3S. The molecule has 22 rings (SSSR count). The van der Waals surface area contributed by atoms with E-state index < -0.39 is 0 Å². The minimum atomic E-state index is 0.626. The van der Waals surface area contributed by atoms with Crippen molar-refractivity contribution in [3.8, 4) is 101 Å². The molecule has 0 bridgehead atoms. The van der Waals surface area contributed by atoms with Gasteiger partial charge in [0.05, 0.1) is 32.3 Å². The standard InChI is InChI=1S/C48H29N3O2.C48H29N3OS/c2*1-2-10-34(11-3-1)51-43-26-22-32(30-18-20-31(21-19-30)47-49-41-14-6-8-16-45(41)52-47)28-39(43)40-29-33(23-27-44(40)51)35-24-25-38(37-13-5-4-12-36(35)37)48-50-42-15-7-9-17-46(42)53-48/h2*1-29H. The fourth-order valence-electron chi connectivity index (χ4n) is 15.5. The second-order valence-corrected chi connectivity index (χ2v) is 27.8. The molecule has 9 nitrogen and oxygen atoms in total. The molecular weight excluding hydrogens is 1320 g/mol. The summed E-state index contributed by atoms with van der Waals surface area (Å²) in [6, 6.07) is 124. The van der Waals surface area contributed by atoms with E-state index in [0.717, 1.165) is 127 Å². The zero-order valence-corrected chi connectivity index (χ0v) is 57.6. The first-order valence-electron chi connectivity index (χ1n) is 35.5. The zero-order valence-electron chi connectivity index (χ0n) is 56.8. The molecule has 106 heavy (non-hydrogen) atoms. The van der Waals surface area contributed by atoms with E-state index in [2.05, 4.69) is 288 Å². The first-order valence-corrected chi connectivity index (χ1v) is 36.3. The summed E-state index contributed by atoms with van der Waals surface area (Å²) in [5.41, 5.74) is 26.3. The maximum absolute atomic E-state index is 6.23. The van der Waals surface area contributed by atoms with Crippen molar-refractivity contribution in [2.24, 2.45) is 0 Å². The number of thiazole rings is 1. The van der Waals surface area contributed by atoms with Crippen LogP contribution < -0.4 is 0 Å². The molecule has 0 N–H and O–H groups in total. The largest absolute Gasteiger partial charge is 0.436 e. The maximum Gasteiger partial charge on any atom is 0.227 e. The number of oxazole rings is 3. The van der Waals surface area contributed by atoms with E-state index >= 15 is 0 Å². The molecule has 0 saturated heterocycles. The topological polar surface area (TPSA) is 101 Å². The number of nitrogens with zero attached hydrogens (tertiary/aromatic N) is 6. The van der Waals surface area contributed by atoms with Gasteiger partial charge in [-0.05, 0) is 218 Å². The quantitative estimate of drug-likeness (QED) is 0.134. The molecule has 22 aromatic rings. The Morgan fingerprint density at radius 2 is 0.538 bits per heavy atom. The Morgan fingerprint density at radius 3 is 0.981 bits per heavy atom. The van der Waals surface area contributed by atoms with E-state index in [9.17, 15) is 0 Å². The van der Waals surface area contributed by atoms with Crippen molar-refractivity contribution >= 4 is 120 Å². The Morgan fingerprint density at radius 1 is 0.217 bits per heavy atom. The van der Waals surface area contributed by atoms with Gasteiger partial charge in [0.1, 0.15) is 21.6 Å². The highest BCUT2D eigenvalue weighted by molar-refractivity contribution is 7.21. The van der Waals surface area contributed by atoms with Crippen LogP contribution in [-0.2, 0) is 0 Å². The summed E-state index contributed by atoms with van der Waals surface area (Å²) in [6.07, 6.45) is 0. The third-order valence-electron chi connectivity index (χ3n) is 20.6. The summed E-state index contributed by atoms with van der Waals surface area (Å²) in [7, 11) is 0. The van der Waals surface area contributed by atoms with E-state index in [4.69, 9.17) is 33.2 Å². The van der Waals surface area contributed by atoms with Crippen molar-refractivity contribution in [2.75, 3.05) is 0 Å². The van der Waals surface area contributed by atoms with Gasteiger partial charge in [-0.15, -0.1) is 11.3 Å². The SMILES string of the molecule is c1ccc(-n2c3ccc(-c4ccc(-c5nc6ccccc6o5)cc4)cc3c3cc(-c4ccc(-c5nc6ccccc6o5)c5ccccc45)ccc32)cc1.c1ccc(-n2c3ccc(-c4ccc(-c5nc6ccccc6o5)cc4)cc3c3cc(-c4ccc(-c5nc6ccccc6s5)c5ccccc45)ccc32)cc1. The van der Waals surface area contributed by atoms with E-state index in [1.54, 1.807) is 11.3 Å². The second-order valence-electron chi connectivity index (χ2n) is 26.8. The summed E-state index contributed by atoms with van der Waals surface area (Å²) in [5.74, 6) is 1.89. The highest BCUT2D eigenvalue weighted by atomic mass is 32.1. The normalized spacial score (nSPS) is 11.8. The monoisotopic (exact) mass is 1370 g/mol. The van der Waals surface area contributed by atoms with Crippen molar-refractivity contribution in [3.05, 3.63) is 352 Å². The van der Waals surface area contributed by atoms with Crippen molar-refractivity contribution in [1.82, 2.24) is 29.1 Å². The third kappa shape index (κ3) is 10.4. The van der Waals surface area contributed by atoms with E-state index in [0.29, 0.717) is 17.7 Å². The molecule has 6 heterocycles. The minimum Gasteiger partial charge on any atom is -0.436 e. The molecule has 0 radical (unpaired) electrons. The average molecular weight is 1380 g/mol. The third-order valence-corrected chi connectivity index (χ3v) is 21.7. The number of para-hydroxylation sites is 9. The number of rotatable bonds is 10. The van der Waals surface area contributed by atoms with Crippen LogP contribution in [0, 0.1) is 0 Å². The fourth-order valence-corrected chi connectivity index (χ4v) is 16.5. The molecule has 496 valence electrons. The number of fused-ring (bicyclic) bond motifs is 12. The molecule has 0 saturated carbocycles. The average Bonchev–Trinajstić information content (AvgIpc) is 1.57. The van der Waals surface area contributed by atoms with E-state index in [1.165, 1.54) is 64.7 Å². The maximum atomic E-state index is 6.23. The molecule has 10 heteroatoms. The Balaban J connectivity index is 0.000000136. The van der Waals surface area contributed by atoms with Gasteiger partial charge in [0, 0.05) is 55.2 Å². The van der Waals surface area contributed by atoms with Gasteiger partial charge in [0.25, 0.3) is 0 Å². The molecule has 0 amide bonds. The molecule has 6 aromatic heterocycles. The van der Waals surface area contributed by atoms with Crippen LogP contribution in [-0.4, -0.2) is 29.1 Å². The molecule has 0 fully saturated rings. The van der Waals surface area contributed by atoms with Gasteiger partial charge in [0.2, 0.25) is 17.7 Å². The molecule has 0 unspecified atom stereocenters. The zero-order chi connectivity index (χ0) is 69.8. The number of benzene rings is 16. The lowest BCUT2D eigenvalue weighted by atomic mass is 9.94. The predicted molar refractivity (Wildman–Crippen MR) is 436 cm³/mol. The van der Waals surface area contributed by atoms with Crippen LogP contribution >= 0.6 is 11.3 Å². The van der Waals surface area contributed by atoms with Crippen molar-refractivity contribution in [1.29, 1.82) is 0 Å². The predicted octanol–water partition coefficient (Wildman–Crippen LogP) is 26.2. The van der Waals surface area contributed by atoms with Crippen LogP contribution in [0.2, 0.25) is 0 Å². The summed E-state index contributed by atoms with van der Waals surface area (Å²) >= 11 is 1.75. The fraction of sp³-hybridized carbons (Fsp3) is 0. The van der Waals surface area contributed by atoms with Crippen molar-refractivity contribution < 1.29 is 13.3 Å². The van der Waals surface area contributed by atoms with Crippen LogP contribution in [0.25, 0.3) is 209 Å². The van der Waals surface area contributed by atoms with Crippen LogP contribution in [0.4, 0.5) is 0 Å². The van der Waals surface area contributed by atoms with Crippen LogP contribution in [0.3, 0.4) is 0 Å². The summed E-state index contributed by atoms with van der Waals surface area (Å²) in [5, 5.41) is 10.5. The summed E-state index contributed by atoms with van der Waals surface area (Å²) in [4.78, 5) is 19.2. The van der Waals surface area contributed by atoms with Gasteiger partial charge in [-0.2, -0.15) is 0 Å². The Hall–Kier alpha value is -14.1. The van der Waals surface area contributed by atoms with Gasteiger partial charge < -0.3 is 22.4 Å². The summed E-state index contributed by atoms with van der Waals surface area (Å²) in [6.45, 7) is 0. The number of aromatic nitrogens is 6. The highest BCUT2D eigenvalue weighted by Crippen LogP contribution is 2.45. The summed E-state index contributed by atoms with van der Waals surface area (Å²) < 4.78 is 24.3. The van der Waals surface area contributed by atoms with Crippen LogP contribution in [0.5, 0.6) is 0 Å². The Labute approximate surface area is 611 Å². The first-order chi connectivity index (χ1) is 52.5. The van der Waals surface area contributed by atoms with Gasteiger partial charge >= 0.3 is 0 Å². The Kier molecular flexibility index (Phi) is 14.2. The number of hydrogen-bond acceptors (Lipinski definition) is 8. The smallest absolute Gasteiger partial charge is 0.227 e. The van der Waals surface area contributed by atoms with Gasteiger partial charge in [-0.1, -0.05) is 200 Å². The van der Waals surface area contributed by atoms with Gasteiger partial charge in [-0.25, -0.2) is 19.9 Å². The second kappa shape index (κ2) is 24.9. The van der Waals surface area contributed by atoms with Crippen LogP contribution in [0.1, 0.15) is 0 Å². The van der Waals surface area contributed by atoms with Crippen molar-refractivity contribution in [3.63, 3.8) is 0 Å². The van der Waals surface area contributed by atoms with Crippen LogP contribution in [0.15, 0.2) is 365 Å². The molecule has 0 aliphatic rings. The minimum absolute atomic E-state index is 0.626. The first kappa shape index (κ1) is 60.7. The van der Waals surface area contributed by atoms with E-state index in [1.807, 2.05) is 72.8 Å². The number of hydrogen-bond donors (Lipinski definition) is 0. The lowest BCUT2D eigenvalue weighted by molar-refractivity contribution is 0.619. The highest BCUT2D eigenvalue weighted by Gasteiger charge is 2.22. The van der Waals surface area contributed by atoms with E-state index in [-0.39, 0.29) is 0 Å². The molecule has 16 aromatic carbocycles.